The standard InChI is InChI=1S/C26H23Cl2FN2O7S2/c1-2-37-26(34)23-16-5-3-4-6-20(16)39-24(23)30-22(32)13-38-25(33)17-11-21(19(28)12-18(17)27)40(35,36)31-15-9-7-14(29)8-10-15/h7-12,31H,2-6,13H2,1H3,(H,30,32). The monoisotopic (exact) mass is 628 g/mol. The van der Waals surface area contributed by atoms with E-state index < -0.39 is 45.2 Å². The van der Waals surface area contributed by atoms with Crippen LogP contribution in [0.25, 0.3) is 0 Å². The fourth-order valence-corrected chi connectivity index (χ4v) is 7.27. The molecule has 3 aromatic rings. The number of ether oxygens (including phenoxy) is 2. The molecule has 0 fully saturated rings. The zero-order valence-corrected chi connectivity index (χ0v) is 24.2. The summed E-state index contributed by atoms with van der Waals surface area (Å²) in [6, 6.07) is 6.53. The smallest absolute Gasteiger partial charge is 0.341 e. The summed E-state index contributed by atoms with van der Waals surface area (Å²) in [5.74, 6) is -2.89. The van der Waals surface area contributed by atoms with Gasteiger partial charge in [-0.3, -0.25) is 9.52 Å². The summed E-state index contributed by atoms with van der Waals surface area (Å²) < 4.78 is 51.4. The molecule has 4 rings (SSSR count). The fourth-order valence-electron chi connectivity index (χ4n) is 4.06. The van der Waals surface area contributed by atoms with Gasteiger partial charge in [-0.2, -0.15) is 0 Å². The fraction of sp³-hybridized carbons (Fsp3) is 0.269. The minimum absolute atomic E-state index is 0.0608. The number of hydrogen-bond acceptors (Lipinski definition) is 8. The number of benzene rings is 2. The normalized spacial score (nSPS) is 12.8. The number of aryl methyl sites for hydroxylation is 1. The molecule has 2 aromatic carbocycles. The molecule has 14 heteroatoms. The van der Waals surface area contributed by atoms with E-state index in [1.165, 1.54) is 23.5 Å². The Morgan fingerprint density at radius 1 is 1.00 bits per heavy atom. The predicted octanol–water partition coefficient (Wildman–Crippen LogP) is 5.85. The molecule has 0 unspecified atom stereocenters. The number of carbonyl (C=O) groups is 3. The third kappa shape index (κ3) is 6.74. The van der Waals surface area contributed by atoms with E-state index in [2.05, 4.69) is 10.0 Å². The Hall–Kier alpha value is -3.19. The van der Waals surface area contributed by atoms with Gasteiger partial charge in [0.1, 0.15) is 15.7 Å². The Balaban J connectivity index is 1.48. The maximum atomic E-state index is 13.2. The van der Waals surface area contributed by atoms with Crippen molar-refractivity contribution in [2.24, 2.45) is 0 Å². The lowest BCUT2D eigenvalue weighted by atomic mass is 9.95. The summed E-state index contributed by atoms with van der Waals surface area (Å²) in [5.41, 5.74) is 0.881. The molecule has 212 valence electrons. The van der Waals surface area contributed by atoms with Gasteiger partial charge in [-0.15, -0.1) is 11.3 Å². The molecule has 0 saturated carbocycles. The van der Waals surface area contributed by atoms with E-state index in [1.807, 2.05) is 0 Å². The second-order valence-corrected chi connectivity index (χ2v) is 12.2. The highest BCUT2D eigenvalue weighted by atomic mass is 35.5. The molecule has 0 atom stereocenters. The number of thiophene rings is 1. The summed E-state index contributed by atoms with van der Waals surface area (Å²) in [7, 11) is -4.31. The van der Waals surface area contributed by atoms with Crippen molar-refractivity contribution in [1.29, 1.82) is 0 Å². The molecule has 0 spiro atoms. The van der Waals surface area contributed by atoms with Crippen molar-refractivity contribution in [1.82, 2.24) is 0 Å². The molecule has 0 saturated heterocycles. The van der Waals surface area contributed by atoms with E-state index in [4.69, 9.17) is 32.7 Å². The highest BCUT2D eigenvalue weighted by Crippen LogP contribution is 2.38. The van der Waals surface area contributed by atoms with E-state index in [9.17, 15) is 27.2 Å². The van der Waals surface area contributed by atoms with Gasteiger partial charge in [0, 0.05) is 10.6 Å². The zero-order valence-electron chi connectivity index (χ0n) is 21.0. The Bertz CT molecular complexity index is 1570. The molecule has 0 radical (unpaired) electrons. The number of sulfonamides is 1. The summed E-state index contributed by atoms with van der Waals surface area (Å²) in [4.78, 5) is 38.5. The molecular formula is C26H23Cl2FN2O7S2. The van der Waals surface area contributed by atoms with E-state index in [0.29, 0.717) is 17.0 Å². The second kappa shape index (κ2) is 12.5. The van der Waals surface area contributed by atoms with Crippen molar-refractivity contribution < 1.29 is 36.7 Å². The van der Waals surface area contributed by atoms with Crippen LogP contribution in [0.1, 0.15) is 50.9 Å². The number of anilines is 2. The van der Waals surface area contributed by atoms with Crippen molar-refractivity contribution in [3.63, 3.8) is 0 Å². The van der Waals surface area contributed by atoms with E-state index in [1.54, 1.807) is 6.92 Å². The number of rotatable bonds is 9. The Labute approximate surface area is 243 Å². The molecular weight excluding hydrogens is 606 g/mol. The summed E-state index contributed by atoms with van der Waals surface area (Å²) in [5, 5.41) is 2.46. The number of fused-ring (bicyclic) bond motifs is 1. The average molecular weight is 630 g/mol. The van der Waals surface area contributed by atoms with Crippen LogP contribution in [-0.2, 0) is 37.1 Å². The molecule has 9 nitrogen and oxygen atoms in total. The quantitative estimate of drug-likeness (QED) is 0.285. The van der Waals surface area contributed by atoms with Crippen LogP contribution in [0.5, 0.6) is 0 Å². The van der Waals surface area contributed by atoms with Crippen LogP contribution in [0.2, 0.25) is 10.0 Å². The van der Waals surface area contributed by atoms with Crippen LogP contribution in [0.4, 0.5) is 15.1 Å². The molecule has 1 heterocycles. The number of esters is 2. The van der Waals surface area contributed by atoms with Crippen molar-refractivity contribution in [3.8, 4) is 0 Å². The van der Waals surface area contributed by atoms with Gasteiger partial charge in [-0.05, 0) is 74.6 Å². The van der Waals surface area contributed by atoms with Crippen LogP contribution >= 0.6 is 34.5 Å². The van der Waals surface area contributed by atoms with Gasteiger partial charge in [0.15, 0.2) is 6.61 Å². The minimum Gasteiger partial charge on any atom is -0.462 e. The minimum atomic E-state index is -4.31. The maximum Gasteiger partial charge on any atom is 0.341 e. The first-order valence-electron chi connectivity index (χ1n) is 12.1. The van der Waals surface area contributed by atoms with Crippen molar-refractivity contribution >= 4 is 73.1 Å². The molecule has 1 aliphatic rings. The molecule has 40 heavy (non-hydrogen) atoms. The van der Waals surface area contributed by atoms with Crippen LogP contribution in [0.3, 0.4) is 0 Å². The third-order valence-electron chi connectivity index (χ3n) is 5.87. The first-order chi connectivity index (χ1) is 19.0. The maximum absolute atomic E-state index is 13.2. The second-order valence-electron chi connectivity index (χ2n) is 8.63. The highest BCUT2D eigenvalue weighted by molar-refractivity contribution is 7.92. The van der Waals surface area contributed by atoms with Gasteiger partial charge in [0.25, 0.3) is 15.9 Å². The lowest BCUT2D eigenvalue weighted by Crippen LogP contribution is -2.22. The van der Waals surface area contributed by atoms with Gasteiger partial charge in [0.2, 0.25) is 0 Å². The lowest BCUT2D eigenvalue weighted by molar-refractivity contribution is -0.119. The number of amides is 1. The third-order valence-corrected chi connectivity index (χ3v) is 9.23. The summed E-state index contributed by atoms with van der Waals surface area (Å²) >= 11 is 13.5. The van der Waals surface area contributed by atoms with Crippen molar-refractivity contribution in [2.45, 2.75) is 37.5 Å². The van der Waals surface area contributed by atoms with Crippen LogP contribution in [-0.4, -0.2) is 39.5 Å². The highest BCUT2D eigenvalue weighted by Gasteiger charge is 2.28. The van der Waals surface area contributed by atoms with Crippen LogP contribution in [0, 0.1) is 5.82 Å². The number of hydrogen-bond donors (Lipinski definition) is 2. The van der Waals surface area contributed by atoms with Gasteiger partial charge < -0.3 is 14.8 Å². The van der Waals surface area contributed by atoms with Crippen molar-refractivity contribution in [3.05, 3.63) is 73.8 Å². The van der Waals surface area contributed by atoms with Gasteiger partial charge in [0.05, 0.1) is 27.8 Å². The first-order valence-corrected chi connectivity index (χ1v) is 15.1. The van der Waals surface area contributed by atoms with E-state index in [0.717, 1.165) is 54.0 Å². The van der Waals surface area contributed by atoms with Crippen LogP contribution in [0.15, 0.2) is 41.3 Å². The largest absolute Gasteiger partial charge is 0.462 e. The summed E-state index contributed by atoms with van der Waals surface area (Å²) in [6.45, 7) is 1.12. The number of nitrogens with one attached hydrogen (secondary N) is 2. The van der Waals surface area contributed by atoms with Crippen molar-refractivity contribution in [2.75, 3.05) is 23.3 Å². The van der Waals surface area contributed by atoms with Gasteiger partial charge in [-0.25, -0.2) is 22.4 Å². The van der Waals surface area contributed by atoms with E-state index >= 15 is 0 Å². The number of carbonyl (C=O) groups excluding carboxylic acids is 3. The Kier molecular flexibility index (Phi) is 9.34. The topological polar surface area (TPSA) is 128 Å². The molecule has 1 amide bonds. The average Bonchev–Trinajstić information content (AvgIpc) is 3.26. The summed E-state index contributed by atoms with van der Waals surface area (Å²) in [6.07, 6.45) is 3.37. The Morgan fingerprint density at radius 3 is 2.40 bits per heavy atom. The SMILES string of the molecule is CCOC(=O)c1c(NC(=O)COC(=O)c2cc(S(=O)(=O)Nc3ccc(F)cc3)c(Cl)cc2Cl)sc2c1CCCC2. The zero-order chi connectivity index (χ0) is 29.0. The molecule has 2 N–H and O–H groups in total. The Morgan fingerprint density at radius 2 is 1.70 bits per heavy atom. The van der Waals surface area contributed by atoms with Gasteiger partial charge >= 0.3 is 11.9 Å². The predicted molar refractivity (Wildman–Crippen MR) is 150 cm³/mol. The number of halogens is 3. The molecule has 0 bridgehead atoms. The van der Waals surface area contributed by atoms with Crippen LogP contribution < -0.4 is 10.0 Å². The molecule has 0 aliphatic heterocycles. The van der Waals surface area contributed by atoms with E-state index in [-0.39, 0.29) is 27.9 Å². The lowest BCUT2D eigenvalue weighted by Gasteiger charge is -2.13. The van der Waals surface area contributed by atoms with Gasteiger partial charge in [-0.1, -0.05) is 23.2 Å². The molecule has 1 aliphatic carbocycles. The first kappa shape index (κ1) is 29.8. The molecule has 1 aromatic heterocycles.